The molecule has 2 atom stereocenters. The van der Waals surface area contributed by atoms with Gasteiger partial charge in [-0.15, -0.1) is 0 Å². The molecule has 2 fully saturated rings. The summed E-state index contributed by atoms with van der Waals surface area (Å²) in [7, 11) is 0. The number of carbonyl (C=O) groups is 5. The maximum atomic E-state index is 12.5. The third-order valence-electron chi connectivity index (χ3n) is 3.64. The van der Waals surface area contributed by atoms with Gasteiger partial charge in [0.05, 0.1) is 13.2 Å². The Morgan fingerprint density at radius 1 is 1.07 bits per heavy atom. The summed E-state index contributed by atoms with van der Waals surface area (Å²) in [5.74, 6) is -1.50. The maximum absolute atomic E-state index is 12.5. The number of ether oxygens (including phenoxy) is 4. The minimum absolute atomic E-state index is 0.0229. The molecule has 28 heavy (non-hydrogen) atoms. The number of epoxide rings is 2. The summed E-state index contributed by atoms with van der Waals surface area (Å²) in [5, 5.41) is 2.25. The summed E-state index contributed by atoms with van der Waals surface area (Å²) in [6.07, 6.45) is 0.277. The number of amides is 5. The van der Waals surface area contributed by atoms with Crippen molar-refractivity contribution < 1.29 is 42.9 Å². The number of nitrogens with one attached hydrogen (secondary N) is 1. The van der Waals surface area contributed by atoms with E-state index in [9.17, 15) is 24.0 Å². The van der Waals surface area contributed by atoms with Gasteiger partial charge in [-0.2, -0.15) is 0 Å². The molecule has 0 aromatic heterocycles. The molecule has 12 heteroatoms. The predicted molar refractivity (Wildman–Crippen MR) is 90.0 cm³/mol. The van der Waals surface area contributed by atoms with Crippen molar-refractivity contribution in [2.45, 2.75) is 25.6 Å². The molecular formula is C16H23N3O9. The number of urea groups is 2. The second-order valence-corrected chi connectivity index (χ2v) is 6.10. The van der Waals surface area contributed by atoms with Gasteiger partial charge < -0.3 is 24.3 Å². The van der Waals surface area contributed by atoms with Gasteiger partial charge in [-0.25, -0.2) is 14.5 Å². The molecule has 5 amide bonds. The van der Waals surface area contributed by atoms with Crippen LogP contribution < -0.4 is 5.32 Å². The second-order valence-electron chi connectivity index (χ2n) is 6.10. The van der Waals surface area contributed by atoms with Crippen molar-refractivity contribution in [1.82, 2.24) is 15.1 Å². The van der Waals surface area contributed by atoms with Crippen LogP contribution in [0.4, 0.5) is 9.59 Å². The average Bonchev–Trinajstić information content (AvgIpc) is 3.58. The van der Waals surface area contributed by atoms with Gasteiger partial charge in [-0.3, -0.25) is 19.3 Å². The number of carbonyl (C=O) groups excluding carboxylic acids is 5. The van der Waals surface area contributed by atoms with Crippen LogP contribution in [0, 0.1) is 0 Å². The first kappa shape index (κ1) is 21.6. The summed E-state index contributed by atoms with van der Waals surface area (Å²) >= 11 is 0. The molecule has 12 nitrogen and oxygen atoms in total. The van der Waals surface area contributed by atoms with Gasteiger partial charge in [0.15, 0.2) is 0 Å². The Kier molecular flexibility index (Phi) is 8.14. The summed E-state index contributed by atoms with van der Waals surface area (Å²) in [4.78, 5) is 60.4. The quantitative estimate of drug-likeness (QED) is 0.258. The molecule has 2 heterocycles. The van der Waals surface area contributed by atoms with E-state index in [1.807, 2.05) is 0 Å². The van der Waals surface area contributed by atoms with Gasteiger partial charge in [0.25, 0.3) is 0 Å². The highest BCUT2D eigenvalue weighted by molar-refractivity contribution is 5.99. The van der Waals surface area contributed by atoms with Crippen molar-refractivity contribution in [2.75, 3.05) is 46.1 Å². The molecule has 0 aromatic carbocycles. The van der Waals surface area contributed by atoms with Crippen LogP contribution in [0.3, 0.4) is 0 Å². The van der Waals surface area contributed by atoms with Gasteiger partial charge in [0.1, 0.15) is 38.5 Å². The number of nitrogens with zero attached hydrogens (tertiary/aromatic N) is 2. The first-order chi connectivity index (χ1) is 13.4. The Morgan fingerprint density at radius 3 is 2.14 bits per heavy atom. The molecule has 0 bridgehead atoms. The predicted octanol–water partition coefficient (Wildman–Crippen LogP) is -1.13. The van der Waals surface area contributed by atoms with Crippen LogP contribution in [0.25, 0.3) is 0 Å². The molecule has 2 aliphatic heterocycles. The molecule has 1 N–H and O–H groups in total. The molecule has 0 aliphatic carbocycles. The topological polar surface area (TPSA) is 147 Å². The van der Waals surface area contributed by atoms with E-state index >= 15 is 0 Å². The van der Waals surface area contributed by atoms with Crippen molar-refractivity contribution in [1.29, 1.82) is 0 Å². The number of hydrogen-bond donors (Lipinski definition) is 1. The summed E-state index contributed by atoms with van der Waals surface area (Å²) in [6.45, 7) is 1.74. The van der Waals surface area contributed by atoms with Crippen LogP contribution in [-0.2, 0) is 33.3 Å². The number of hydrogen-bond acceptors (Lipinski definition) is 9. The smallest absolute Gasteiger partial charge is 0.335 e. The third-order valence-corrected chi connectivity index (χ3v) is 3.64. The largest absolute Gasteiger partial charge is 0.462 e. The lowest BCUT2D eigenvalue weighted by atomic mass is 10.4. The van der Waals surface area contributed by atoms with Gasteiger partial charge >= 0.3 is 24.0 Å². The SMILES string of the molecule is CCCN(C(=O)NCC(=O)OCC1CO1)C(=O)N(C=O)CC(=O)OCC1CO1. The monoisotopic (exact) mass is 401 g/mol. The zero-order valence-corrected chi connectivity index (χ0v) is 15.5. The van der Waals surface area contributed by atoms with Crippen molar-refractivity contribution >= 4 is 30.4 Å². The van der Waals surface area contributed by atoms with E-state index in [1.165, 1.54) is 0 Å². The van der Waals surface area contributed by atoms with Crippen molar-refractivity contribution in [3.8, 4) is 0 Å². The van der Waals surface area contributed by atoms with Crippen LogP contribution in [0.15, 0.2) is 0 Å². The van der Waals surface area contributed by atoms with Crippen LogP contribution in [0.2, 0.25) is 0 Å². The van der Waals surface area contributed by atoms with Crippen LogP contribution in [0.5, 0.6) is 0 Å². The van der Waals surface area contributed by atoms with Gasteiger partial charge in [0, 0.05) is 6.54 Å². The minimum atomic E-state index is -1.01. The highest BCUT2D eigenvalue weighted by Gasteiger charge is 2.30. The molecule has 0 aromatic rings. The van der Waals surface area contributed by atoms with Crippen molar-refractivity contribution in [2.24, 2.45) is 0 Å². The van der Waals surface area contributed by atoms with E-state index in [0.29, 0.717) is 24.5 Å². The summed E-state index contributed by atoms with van der Waals surface area (Å²) in [5.41, 5.74) is 0. The van der Waals surface area contributed by atoms with E-state index in [1.54, 1.807) is 6.92 Å². The maximum Gasteiger partial charge on any atom is 0.335 e. The normalized spacial score (nSPS) is 19.2. The van der Waals surface area contributed by atoms with E-state index < -0.39 is 37.1 Å². The summed E-state index contributed by atoms with van der Waals surface area (Å²) in [6, 6.07) is -1.90. The molecule has 156 valence electrons. The number of rotatable bonds is 11. The zero-order chi connectivity index (χ0) is 20.5. The first-order valence-corrected chi connectivity index (χ1v) is 8.80. The Hall–Kier alpha value is -2.73. The molecule has 2 rings (SSSR count). The standard InChI is InChI=1S/C16H23N3O9/c1-2-3-19(15(23)17-4-13(21)27-8-11-6-25-11)16(24)18(10-20)5-14(22)28-9-12-7-26-12/h10-12H,2-9H2,1H3,(H,17,23). The van der Waals surface area contributed by atoms with Gasteiger partial charge in [-0.05, 0) is 6.42 Å². The fourth-order valence-electron chi connectivity index (χ4n) is 1.99. The molecule has 0 radical (unpaired) electrons. The van der Waals surface area contributed by atoms with E-state index in [4.69, 9.17) is 18.9 Å². The molecule has 0 spiro atoms. The fourth-order valence-corrected chi connectivity index (χ4v) is 1.99. The van der Waals surface area contributed by atoms with Gasteiger partial charge in [-0.1, -0.05) is 6.92 Å². The highest BCUT2D eigenvalue weighted by Crippen LogP contribution is 2.09. The Morgan fingerprint density at radius 2 is 1.64 bits per heavy atom. The Labute approximate surface area is 161 Å². The zero-order valence-electron chi connectivity index (χ0n) is 15.5. The van der Waals surface area contributed by atoms with Crippen LogP contribution in [0.1, 0.15) is 13.3 Å². The third kappa shape index (κ3) is 7.48. The van der Waals surface area contributed by atoms with E-state index in [2.05, 4.69) is 5.32 Å². The van der Waals surface area contributed by atoms with E-state index in [0.717, 1.165) is 4.90 Å². The van der Waals surface area contributed by atoms with E-state index in [-0.39, 0.29) is 38.4 Å². The fraction of sp³-hybridized carbons (Fsp3) is 0.688. The summed E-state index contributed by atoms with van der Waals surface area (Å²) < 4.78 is 19.5. The molecule has 0 saturated carbocycles. The lowest BCUT2D eigenvalue weighted by molar-refractivity contribution is -0.146. The van der Waals surface area contributed by atoms with Crippen molar-refractivity contribution in [3.63, 3.8) is 0 Å². The minimum Gasteiger partial charge on any atom is -0.462 e. The van der Waals surface area contributed by atoms with Gasteiger partial charge in [0.2, 0.25) is 6.41 Å². The second kappa shape index (κ2) is 10.6. The molecule has 2 unspecified atom stereocenters. The average molecular weight is 401 g/mol. The lowest BCUT2D eigenvalue weighted by Crippen LogP contribution is -2.52. The number of esters is 2. The van der Waals surface area contributed by atoms with Crippen molar-refractivity contribution in [3.05, 3.63) is 0 Å². The van der Waals surface area contributed by atoms with Crippen LogP contribution >= 0.6 is 0 Å². The number of imide groups is 2. The lowest BCUT2D eigenvalue weighted by Gasteiger charge is -2.25. The Balaban J connectivity index is 1.82. The first-order valence-electron chi connectivity index (χ1n) is 8.80. The molecule has 2 aliphatic rings. The Bertz CT molecular complexity index is 604. The highest BCUT2D eigenvalue weighted by atomic mass is 16.6. The molecular weight excluding hydrogens is 378 g/mol. The van der Waals surface area contributed by atoms with Crippen LogP contribution in [-0.4, -0.2) is 98.5 Å². The molecule has 2 saturated heterocycles.